The van der Waals surface area contributed by atoms with Crippen molar-refractivity contribution < 1.29 is 19.7 Å². The molecule has 0 bridgehead atoms. The van der Waals surface area contributed by atoms with Crippen molar-refractivity contribution in [3.8, 4) is 11.1 Å². The molecule has 1 atom stereocenters. The largest absolute Gasteiger partial charge is 0.505 e. The molecular formula is C21H22O4S. The number of hydrogen-bond acceptors (Lipinski definition) is 5. The third kappa shape index (κ3) is 2.80. The van der Waals surface area contributed by atoms with E-state index in [1.807, 2.05) is 35.6 Å². The van der Waals surface area contributed by atoms with Gasteiger partial charge >= 0.3 is 5.97 Å². The van der Waals surface area contributed by atoms with Gasteiger partial charge in [-0.05, 0) is 48.3 Å². The van der Waals surface area contributed by atoms with E-state index in [2.05, 4.69) is 11.4 Å². The van der Waals surface area contributed by atoms with Crippen molar-refractivity contribution in [2.45, 2.75) is 50.5 Å². The van der Waals surface area contributed by atoms with Gasteiger partial charge in [-0.1, -0.05) is 43.5 Å². The van der Waals surface area contributed by atoms with Crippen LogP contribution in [0.25, 0.3) is 11.1 Å². The summed E-state index contributed by atoms with van der Waals surface area (Å²) in [6, 6.07) is 9.87. The Morgan fingerprint density at radius 3 is 2.38 bits per heavy atom. The van der Waals surface area contributed by atoms with Crippen LogP contribution in [0.3, 0.4) is 0 Å². The van der Waals surface area contributed by atoms with Crippen molar-refractivity contribution in [2.24, 2.45) is 0 Å². The van der Waals surface area contributed by atoms with Crippen LogP contribution in [0.2, 0.25) is 0 Å². The summed E-state index contributed by atoms with van der Waals surface area (Å²) in [5.74, 6) is -1.36. The van der Waals surface area contributed by atoms with E-state index >= 15 is 0 Å². The van der Waals surface area contributed by atoms with Crippen LogP contribution in [0.4, 0.5) is 0 Å². The molecule has 26 heavy (non-hydrogen) atoms. The van der Waals surface area contributed by atoms with Gasteiger partial charge in [0.2, 0.25) is 5.76 Å². The number of carbonyl (C=O) groups is 1. The summed E-state index contributed by atoms with van der Waals surface area (Å²) in [5, 5.41) is 21.8. The van der Waals surface area contributed by atoms with Crippen LogP contribution in [0, 0.1) is 0 Å². The molecule has 0 saturated heterocycles. The van der Waals surface area contributed by atoms with E-state index in [1.54, 1.807) is 6.92 Å². The first kappa shape index (κ1) is 17.2. The van der Waals surface area contributed by atoms with Gasteiger partial charge in [0.05, 0.1) is 0 Å². The Hall–Kier alpha value is -2.27. The normalized spacial score (nSPS) is 24.1. The second-order valence-corrected chi connectivity index (χ2v) is 8.21. The third-order valence-electron chi connectivity index (χ3n) is 5.56. The molecule has 4 nitrogen and oxygen atoms in total. The fourth-order valence-corrected chi connectivity index (χ4v) is 4.98. The molecule has 1 fully saturated rings. The number of rotatable bonds is 3. The molecule has 136 valence electrons. The number of esters is 1. The predicted octanol–water partition coefficient (Wildman–Crippen LogP) is 5.56. The quantitative estimate of drug-likeness (QED) is 0.694. The van der Waals surface area contributed by atoms with Crippen molar-refractivity contribution in [1.29, 1.82) is 0 Å². The molecule has 1 aromatic carbocycles. The van der Waals surface area contributed by atoms with Crippen LogP contribution < -0.4 is 0 Å². The second kappa shape index (κ2) is 6.47. The molecule has 1 aromatic heterocycles. The van der Waals surface area contributed by atoms with Gasteiger partial charge in [-0.3, -0.25) is 0 Å². The Bertz CT molecular complexity index is 858. The molecule has 1 saturated carbocycles. The smallest absolute Gasteiger partial charge is 0.378 e. The molecule has 4 rings (SSSR count). The standard InChI is InChI=1S/C21H22O4S/c1-21(19(23)18(22)20(24)25-21)16-9-7-13(8-10-16)15-11-17(26-12-15)14-5-3-2-4-6-14/h7-12,14,22-23H,2-6H2,1H3. The molecule has 1 aliphatic heterocycles. The third-order valence-corrected chi connectivity index (χ3v) is 6.66. The van der Waals surface area contributed by atoms with Gasteiger partial charge in [0.25, 0.3) is 0 Å². The van der Waals surface area contributed by atoms with Crippen LogP contribution in [-0.4, -0.2) is 16.2 Å². The highest BCUT2D eigenvalue weighted by Crippen LogP contribution is 2.41. The van der Waals surface area contributed by atoms with Gasteiger partial charge in [0.15, 0.2) is 11.4 Å². The van der Waals surface area contributed by atoms with Crippen molar-refractivity contribution in [3.63, 3.8) is 0 Å². The fourth-order valence-electron chi connectivity index (χ4n) is 3.89. The minimum Gasteiger partial charge on any atom is -0.505 e. The molecule has 1 unspecified atom stereocenters. The lowest BCUT2D eigenvalue weighted by atomic mass is 9.88. The molecule has 0 spiro atoms. The zero-order chi connectivity index (χ0) is 18.3. The number of aliphatic hydroxyl groups excluding tert-OH is 2. The average molecular weight is 370 g/mol. The van der Waals surface area contributed by atoms with Crippen molar-refractivity contribution in [3.05, 3.63) is 57.7 Å². The monoisotopic (exact) mass is 370 g/mol. The van der Waals surface area contributed by atoms with E-state index in [1.165, 1.54) is 42.5 Å². The molecule has 2 heterocycles. The zero-order valence-corrected chi connectivity index (χ0v) is 15.5. The van der Waals surface area contributed by atoms with Crippen LogP contribution >= 0.6 is 11.3 Å². The Balaban J connectivity index is 1.57. The topological polar surface area (TPSA) is 66.8 Å². The van der Waals surface area contributed by atoms with Crippen molar-refractivity contribution in [2.75, 3.05) is 0 Å². The summed E-state index contributed by atoms with van der Waals surface area (Å²) in [5.41, 5.74) is 1.58. The highest BCUT2D eigenvalue weighted by molar-refractivity contribution is 7.10. The van der Waals surface area contributed by atoms with Gasteiger partial charge < -0.3 is 14.9 Å². The summed E-state index contributed by atoms with van der Waals surface area (Å²) >= 11 is 1.83. The Morgan fingerprint density at radius 1 is 1.08 bits per heavy atom. The molecule has 5 heteroatoms. The molecule has 2 aliphatic rings. The first-order chi connectivity index (χ1) is 12.5. The first-order valence-electron chi connectivity index (χ1n) is 9.04. The van der Waals surface area contributed by atoms with Crippen LogP contribution in [0.15, 0.2) is 47.2 Å². The fraction of sp³-hybridized carbons (Fsp3) is 0.381. The lowest BCUT2D eigenvalue weighted by molar-refractivity contribution is -0.149. The maximum Gasteiger partial charge on any atom is 0.378 e. The predicted molar refractivity (Wildman–Crippen MR) is 101 cm³/mol. The van der Waals surface area contributed by atoms with E-state index in [0.29, 0.717) is 11.5 Å². The van der Waals surface area contributed by atoms with Gasteiger partial charge in [-0.2, -0.15) is 0 Å². The van der Waals surface area contributed by atoms with Crippen molar-refractivity contribution in [1.82, 2.24) is 0 Å². The second-order valence-electron chi connectivity index (χ2n) is 7.27. The minimum atomic E-state index is -1.33. The molecule has 0 amide bonds. The average Bonchev–Trinajstić information content (AvgIpc) is 3.24. The summed E-state index contributed by atoms with van der Waals surface area (Å²) in [4.78, 5) is 13.0. The zero-order valence-electron chi connectivity index (χ0n) is 14.7. The van der Waals surface area contributed by atoms with Crippen molar-refractivity contribution >= 4 is 17.3 Å². The van der Waals surface area contributed by atoms with Gasteiger partial charge in [-0.25, -0.2) is 4.79 Å². The first-order valence-corrected chi connectivity index (χ1v) is 9.92. The molecule has 2 N–H and O–H groups in total. The van der Waals surface area contributed by atoms with E-state index in [4.69, 9.17) is 4.74 Å². The molecular weight excluding hydrogens is 348 g/mol. The summed E-state index contributed by atoms with van der Waals surface area (Å²) in [6.45, 7) is 1.57. The lowest BCUT2D eigenvalue weighted by Crippen LogP contribution is -2.25. The Kier molecular flexibility index (Phi) is 4.27. The van der Waals surface area contributed by atoms with Crippen LogP contribution in [0.5, 0.6) is 0 Å². The maximum absolute atomic E-state index is 11.5. The number of benzene rings is 1. The number of ether oxygens (including phenoxy) is 1. The van der Waals surface area contributed by atoms with Gasteiger partial charge in [0, 0.05) is 10.4 Å². The molecule has 2 aromatic rings. The number of hydrogen-bond donors (Lipinski definition) is 2. The summed E-state index contributed by atoms with van der Waals surface area (Å²) in [6.07, 6.45) is 6.59. The maximum atomic E-state index is 11.5. The number of cyclic esters (lactones) is 1. The number of thiophene rings is 1. The Labute approximate surface area is 156 Å². The van der Waals surface area contributed by atoms with E-state index in [0.717, 1.165) is 5.56 Å². The Morgan fingerprint density at radius 2 is 1.77 bits per heavy atom. The summed E-state index contributed by atoms with van der Waals surface area (Å²) < 4.78 is 5.18. The molecule has 0 radical (unpaired) electrons. The van der Waals surface area contributed by atoms with Crippen LogP contribution in [0.1, 0.15) is 55.4 Å². The SMILES string of the molecule is CC1(c2ccc(-c3csc(C4CCCCC4)c3)cc2)OC(=O)C(O)=C1O. The van der Waals surface area contributed by atoms with E-state index < -0.39 is 23.1 Å². The van der Waals surface area contributed by atoms with E-state index in [-0.39, 0.29) is 0 Å². The molecule has 1 aliphatic carbocycles. The van der Waals surface area contributed by atoms with Gasteiger partial charge in [0.1, 0.15) is 0 Å². The van der Waals surface area contributed by atoms with E-state index in [9.17, 15) is 15.0 Å². The summed E-state index contributed by atoms with van der Waals surface area (Å²) in [7, 11) is 0. The number of carbonyl (C=O) groups excluding carboxylic acids is 1. The number of aliphatic hydroxyl groups is 2. The van der Waals surface area contributed by atoms with Gasteiger partial charge in [-0.15, -0.1) is 11.3 Å². The minimum absolute atomic E-state index is 0.439. The highest BCUT2D eigenvalue weighted by Gasteiger charge is 2.46. The lowest BCUT2D eigenvalue weighted by Gasteiger charge is -2.23. The highest BCUT2D eigenvalue weighted by atomic mass is 32.1. The van der Waals surface area contributed by atoms with Crippen LogP contribution in [-0.2, 0) is 15.1 Å².